The van der Waals surface area contributed by atoms with Crippen LogP contribution < -0.4 is 0 Å². The molecule has 19 heavy (non-hydrogen) atoms. The molecule has 0 heterocycles. The predicted molar refractivity (Wildman–Crippen MR) is 78.8 cm³/mol. The van der Waals surface area contributed by atoms with Crippen LogP contribution in [0, 0.1) is 11.8 Å². The fourth-order valence-electron chi connectivity index (χ4n) is 1.82. The van der Waals surface area contributed by atoms with Crippen molar-refractivity contribution in [3.8, 4) is 11.8 Å². The second-order valence-electron chi connectivity index (χ2n) is 4.86. The van der Waals surface area contributed by atoms with Gasteiger partial charge >= 0.3 is 0 Å². The van der Waals surface area contributed by atoms with Crippen LogP contribution in [0.3, 0.4) is 0 Å². The lowest BCUT2D eigenvalue weighted by Crippen LogP contribution is -1.95. The van der Waals surface area contributed by atoms with Crippen LogP contribution in [0.2, 0.25) is 0 Å². The van der Waals surface area contributed by atoms with E-state index in [0.29, 0.717) is 5.92 Å². The number of rotatable bonds is 2. The molecule has 96 valence electrons. The number of hydrogen-bond donors (Lipinski definition) is 1. The Morgan fingerprint density at radius 1 is 0.842 bits per heavy atom. The molecule has 0 aliphatic rings. The van der Waals surface area contributed by atoms with Crippen LogP contribution in [0.5, 0.6) is 0 Å². The van der Waals surface area contributed by atoms with E-state index in [4.69, 9.17) is 0 Å². The van der Waals surface area contributed by atoms with Crippen LogP contribution in [0.1, 0.15) is 42.6 Å². The highest BCUT2D eigenvalue weighted by atomic mass is 16.3. The van der Waals surface area contributed by atoms with Gasteiger partial charge in [-0.3, -0.25) is 0 Å². The summed E-state index contributed by atoms with van der Waals surface area (Å²) in [6.07, 6.45) is -0.735. The van der Waals surface area contributed by atoms with Gasteiger partial charge in [-0.05, 0) is 29.2 Å². The van der Waals surface area contributed by atoms with Crippen molar-refractivity contribution in [3.05, 3.63) is 71.3 Å². The Kier molecular flexibility index (Phi) is 4.39. The number of aliphatic hydroxyl groups excluding tert-OH is 1. The summed E-state index contributed by atoms with van der Waals surface area (Å²) in [6, 6.07) is 17.7. The summed E-state index contributed by atoms with van der Waals surface area (Å²) >= 11 is 0. The minimum absolute atomic E-state index is 0.501. The maximum atomic E-state index is 10.0. The average molecular weight is 250 g/mol. The molecule has 2 aromatic carbocycles. The molecule has 0 aliphatic heterocycles. The highest BCUT2D eigenvalue weighted by molar-refractivity contribution is 5.37. The summed E-state index contributed by atoms with van der Waals surface area (Å²) in [7, 11) is 0. The molecule has 0 saturated heterocycles. The second kappa shape index (κ2) is 6.22. The van der Waals surface area contributed by atoms with E-state index in [1.165, 1.54) is 5.56 Å². The monoisotopic (exact) mass is 250 g/mol. The van der Waals surface area contributed by atoms with E-state index in [-0.39, 0.29) is 0 Å². The first kappa shape index (κ1) is 13.4. The SMILES string of the molecule is CC(C)c1ccc(C(O)C#Cc2ccccc2)cc1. The van der Waals surface area contributed by atoms with Crippen LogP contribution in [0.25, 0.3) is 0 Å². The van der Waals surface area contributed by atoms with Gasteiger partial charge in [0.2, 0.25) is 0 Å². The average Bonchev–Trinajstić information content (AvgIpc) is 2.46. The largest absolute Gasteiger partial charge is 0.376 e. The van der Waals surface area contributed by atoms with E-state index < -0.39 is 6.10 Å². The van der Waals surface area contributed by atoms with Crippen molar-refractivity contribution >= 4 is 0 Å². The van der Waals surface area contributed by atoms with E-state index in [1.807, 2.05) is 54.6 Å². The Hall–Kier alpha value is -2.04. The van der Waals surface area contributed by atoms with Crippen molar-refractivity contribution in [1.29, 1.82) is 0 Å². The summed E-state index contributed by atoms with van der Waals surface area (Å²) in [6.45, 7) is 4.31. The van der Waals surface area contributed by atoms with Gasteiger partial charge in [-0.15, -0.1) is 0 Å². The maximum Gasteiger partial charge on any atom is 0.140 e. The zero-order chi connectivity index (χ0) is 13.7. The normalized spacial score (nSPS) is 11.8. The standard InChI is InChI=1S/C18H18O/c1-14(2)16-9-11-17(12-10-16)18(19)13-8-15-6-4-3-5-7-15/h3-7,9-12,14,18-19H,1-2H3. The molecule has 0 amide bonds. The van der Waals surface area contributed by atoms with Crippen molar-refractivity contribution in [2.45, 2.75) is 25.9 Å². The molecule has 0 saturated carbocycles. The fourth-order valence-corrected chi connectivity index (χ4v) is 1.82. The maximum absolute atomic E-state index is 10.0. The molecule has 1 N–H and O–H groups in total. The second-order valence-corrected chi connectivity index (χ2v) is 4.86. The minimum atomic E-state index is -0.735. The van der Waals surface area contributed by atoms with Crippen molar-refractivity contribution < 1.29 is 5.11 Å². The summed E-state index contributed by atoms with van der Waals surface area (Å²) in [4.78, 5) is 0. The van der Waals surface area contributed by atoms with Gasteiger partial charge in [0.1, 0.15) is 6.10 Å². The first-order valence-corrected chi connectivity index (χ1v) is 6.51. The minimum Gasteiger partial charge on any atom is -0.376 e. The van der Waals surface area contributed by atoms with Crippen LogP contribution in [0.15, 0.2) is 54.6 Å². The van der Waals surface area contributed by atoms with Gasteiger partial charge in [-0.2, -0.15) is 0 Å². The van der Waals surface area contributed by atoms with Crippen molar-refractivity contribution in [2.75, 3.05) is 0 Å². The number of hydrogen-bond acceptors (Lipinski definition) is 1. The van der Waals surface area contributed by atoms with Crippen molar-refractivity contribution in [3.63, 3.8) is 0 Å². The number of benzene rings is 2. The van der Waals surface area contributed by atoms with Crippen LogP contribution >= 0.6 is 0 Å². The lowest BCUT2D eigenvalue weighted by molar-refractivity contribution is 0.238. The molecule has 1 unspecified atom stereocenters. The molecule has 1 atom stereocenters. The zero-order valence-electron chi connectivity index (χ0n) is 11.3. The third-order valence-electron chi connectivity index (χ3n) is 3.05. The third kappa shape index (κ3) is 3.71. The molecular formula is C18H18O. The Labute approximate surface area is 114 Å². The highest BCUT2D eigenvalue weighted by Gasteiger charge is 2.04. The smallest absolute Gasteiger partial charge is 0.140 e. The molecule has 1 heteroatoms. The third-order valence-corrected chi connectivity index (χ3v) is 3.05. The van der Waals surface area contributed by atoms with E-state index in [2.05, 4.69) is 25.7 Å². The van der Waals surface area contributed by atoms with Gasteiger partial charge < -0.3 is 5.11 Å². The molecular weight excluding hydrogens is 232 g/mol. The van der Waals surface area contributed by atoms with E-state index in [1.54, 1.807) is 0 Å². The molecule has 1 nitrogen and oxygen atoms in total. The molecule has 2 aromatic rings. The van der Waals surface area contributed by atoms with Crippen molar-refractivity contribution in [2.24, 2.45) is 0 Å². The van der Waals surface area contributed by atoms with Gasteiger partial charge in [0, 0.05) is 5.56 Å². The van der Waals surface area contributed by atoms with Gasteiger partial charge in [-0.25, -0.2) is 0 Å². The lowest BCUT2D eigenvalue weighted by Gasteiger charge is -2.08. The summed E-state index contributed by atoms with van der Waals surface area (Å²) in [5.74, 6) is 6.35. The Balaban J connectivity index is 2.12. The molecule has 2 rings (SSSR count). The van der Waals surface area contributed by atoms with Gasteiger partial charge in [-0.1, -0.05) is 68.2 Å². The lowest BCUT2D eigenvalue weighted by atomic mass is 10.00. The summed E-state index contributed by atoms with van der Waals surface area (Å²) < 4.78 is 0. The highest BCUT2D eigenvalue weighted by Crippen LogP contribution is 2.18. The van der Waals surface area contributed by atoms with E-state index >= 15 is 0 Å². The first-order chi connectivity index (χ1) is 9.16. The predicted octanol–water partition coefficient (Wildman–Crippen LogP) is 3.90. The topological polar surface area (TPSA) is 20.2 Å². The summed E-state index contributed by atoms with van der Waals surface area (Å²) in [5, 5.41) is 10.0. The first-order valence-electron chi connectivity index (χ1n) is 6.51. The summed E-state index contributed by atoms with van der Waals surface area (Å²) in [5.41, 5.74) is 3.03. The molecule has 0 aliphatic carbocycles. The quantitative estimate of drug-likeness (QED) is 0.802. The molecule has 0 spiro atoms. The molecule has 0 radical (unpaired) electrons. The Morgan fingerprint density at radius 2 is 1.42 bits per heavy atom. The van der Waals surface area contributed by atoms with Gasteiger partial charge in [0.05, 0.1) is 0 Å². The van der Waals surface area contributed by atoms with E-state index in [9.17, 15) is 5.11 Å². The van der Waals surface area contributed by atoms with E-state index in [0.717, 1.165) is 11.1 Å². The van der Waals surface area contributed by atoms with Crippen LogP contribution in [-0.2, 0) is 0 Å². The number of aliphatic hydroxyl groups is 1. The van der Waals surface area contributed by atoms with Gasteiger partial charge in [0.25, 0.3) is 0 Å². The molecule has 0 bridgehead atoms. The van der Waals surface area contributed by atoms with Gasteiger partial charge in [0.15, 0.2) is 0 Å². The Bertz CT molecular complexity index is 571. The molecule has 0 aromatic heterocycles. The zero-order valence-corrected chi connectivity index (χ0v) is 11.3. The van der Waals surface area contributed by atoms with Crippen LogP contribution in [-0.4, -0.2) is 5.11 Å². The Morgan fingerprint density at radius 3 is 2.00 bits per heavy atom. The van der Waals surface area contributed by atoms with Crippen molar-refractivity contribution in [1.82, 2.24) is 0 Å². The fraction of sp³-hybridized carbons (Fsp3) is 0.222. The van der Waals surface area contributed by atoms with Crippen LogP contribution in [0.4, 0.5) is 0 Å². The molecule has 0 fully saturated rings.